The molecule has 1 N–H and O–H groups in total. The number of thioether (sulfide) groups is 1. The first-order valence-electron chi connectivity index (χ1n) is 4.23. The second kappa shape index (κ2) is 4.86. The van der Waals surface area contributed by atoms with Crippen molar-refractivity contribution in [2.75, 3.05) is 0 Å². The normalized spacial score (nSPS) is 10.7. The highest BCUT2D eigenvalue weighted by atomic mass is 32.2. The van der Waals surface area contributed by atoms with Crippen LogP contribution in [0, 0.1) is 13.8 Å². The molecule has 74 valence electrons. The zero-order valence-electron chi connectivity index (χ0n) is 8.15. The van der Waals surface area contributed by atoms with Crippen molar-refractivity contribution in [3.8, 4) is 0 Å². The Hall–Kier alpha value is -1.22. The van der Waals surface area contributed by atoms with Gasteiger partial charge in [-0.2, -0.15) is 0 Å². The van der Waals surface area contributed by atoms with E-state index in [-0.39, 0.29) is 0 Å². The highest BCUT2D eigenvalue weighted by Crippen LogP contribution is 2.23. The monoisotopic (exact) mass is 208 g/mol. The fourth-order valence-corrected chi connectivity index (χ4v) is 1.82. The van der Waals surface area contributed by atoms with Crippen LogP contribution in [-0.4, -0.2) is 11.1 Å². The van der Waals surface area contributed by atoms with E-state index in [1.807, 2.05) is 26.0 Å². The summed E-state index contributed by atoms with van der Waals surface area (Å²) in [5.74, 6) is -0.915. The molecule has 1 aromatic rings. The molecule has 0 saturated heterocycles. The molecular formula is C11H12O2S. The van der Waals surface area contributed by atoms with E-state index in [4.69, 9.17) is 5.11 Å². The second-order valence-corrected chi connectivity index (χ2v) is 3.98. The van der Waals surface area contributed by atoms with Crippen LogP contribution < -0.4 is 0 Å². The molecule has 0 unspecified atom stereocenters. The first-order valence-corrected chi connectivity index (χ1v) is 5.11. The maximum atomic E-state index is 10.2. The fourth-order valence-electron chi connectivity index (χ4n) is 1.10. The number of hydrogen-bond donors (Lipinski definition) is 1. The second-order valence-electron chi connectivity index (χ2n) is 3.03. The maximum absolute atomic E-state index is 10.2. The van der Waals surface area contributed by atoms with Gasteiger partial charge in [-0.25, -0.2) is 4.79 Å². The smallest absolute Gasteiger partial charge is 0.328 e. The van der Waals surface area contributed by atoms with Gasteiger partial charge in [0.15, 0.2) is 0 Å². The van der Waals surface area contributed by atoms with Crippen molar-refractivity contribution in [3.05, 3.63) is 40.8 Å². The number of rotatable bonds is 3. The highest BCUT2D eigenvalue weighted by molar-refractivity contribution is 8.02. The quantitative estimate of drug-likeness (QED) is 0.613. The number of carboxylic acids is 1. The van der Waals surface area contributed by atoms with Gasteiger partial charge in [0, 0.05) is 11.0 Å². The number of carbonyl (C=O) groups is 1. The molecular weight excluding hydrogens is 196 g/mol. The molecule has 0 atom stereocenters. The summed E-state index contributed by atoms with van der Waals surface area (Å²) in [5, 5.41) is 9.99. The molecule has 1 rings (SSSR count). The van der Waals surface area contributed by atoms with Crippen LogP contribution in [0.1, 0.15) is 11.1 Å². The van der Waals surface area contributed by atoms with Crippen molar-refractivity contribution in [1.82, 2.24) is 0 Å². The van der Waals surface area contributed by atoms with Crippen LogP contribution in [0.4, 0.5) is 0 Å². The molecule has 0 aliphatic rings. The summed E-state index contributed by atoms with van der Waals surface area (Å²) in [5.41, 5.74) is 2.39. The van der Waals surface area contributed by atoms with Gasteiger partial charge in [0.05, 0.1) is 0 Å². The van der Waals surface area contributed by atoms with Crippen LogP contribution in [0.3, 0.4) is 0 Å². The minimum absolute atomic E-state index is 0.915. The predicted molar refractivity (Wildman–Crippen MR) is 58.5 cm³/mol. The van der Waals surface area contributed by atoms with Gasteiger partial charge >= 0.3 is 5.97 Å². The van der Waals surface area contributed by atoms with E-state index in [0.717, 1.165) is 11.0 Å². The van der Waals surface area contributed by atoms with Gasteiger partial charge in [-0.3, -0.25) is 0 Å². The van der Waals surface area contributed by atoms with Gasteiger partial charge < -0.3 is 5.11 Å². The SMILES string of the molecule is Cc1ccc(SC=CC(=O)O)c(C)c1. The van der Waals surface area contributed by atoms with Crippen LogP contribution >= 0.6 is 11.8 Å². The van der Waals surface area contributed by atoms with Crippen LogP contribution in [0.2, 0.25) is 0 Å². The molecule has 0 fully saturated rings. The molecule has 14 heavy (non-hydrogen) atoms. The lowest BCUT2D eigenvalue weighted by Crippen LogP contribution is -1.85. The topological polar surface area (TPSA) is 37.3 Å². The summed E-state index contributed by atoms with van der Waals surface area (Å²) in [7, 11) is 0. The van der Waals surface area contributed by atoms with Crippen molar-refractivity contribution in [2.24, 2.45) is 0 Å². The van der Waals surface area contributed by atoms with Crippen molar-refractivity contribution < 1.29 is 9.90 Å². The molecule has 0 amide bonds. The van der Waals surface area contributed by atoms with Crippen LogP contribution in [0.25, 0.3) is 0 Å². The average Bonchev–Trinajstić information content (AvgIpc) is 2.08. The van der Waals surface area contributed by atoms with E-state index < -0.39 is 5.97 Å². The van der Waals surface area contributed by atoms with Crippen molar-refractivity contribution in [3.63, 3.8) is 0 Å². The fraction of sp³-hybridized carbons (Fsp3) is 0.182. The summed E-state index contributed by atoms with van der Waals surface area (Å²) < 4.78 is 0. The van der Waals surface area contributed by atoms with E-state index >= 15 is 0 Å². The molecule has 0 heterocycles. The summed E-state index contributed by atoms with van der Waals surface area (Å²) in [4.78, 5) is 11.3. The van der Waals surface area contributed by atoms with E-state index in [1.54, 1.807) is 5.41 Å². The Bertz CT molecular complexity index is 370. The number of hydrogen-bond acceptors (Lipinski definition) is 2. The number of aryl methyl sites for hydroxylation is 2. The Morgan fingerprint density at radius 2 is 2.14 bits per heavy atom. The third kappa shape index (κ3) is 3.26. The van der Waals surface area contributed by atoms with Gasteiger partial charge in [0.25, 0.3) is 0 Å². The van der Waals surface area contributed by atoms with Gasteiger partial charge in [0.2, 0.25) is 0 Å². The Morgan fingerprint density at radius 1 is 1.43 bits per heavy atom. The van der Waals surface area contributed by atoms with Crippen LogP contribution in [0.5, 0.6) is 0 Å². The number of benzene rings is 1. The van der Waals surface area contributed by atoms with E-state index in [1.165, 1.54) is 22.9 Å². The first kappa shape index (κ1) is 10.9. The first-order chi connectivity index (χ1) is 6.59. The number of aliphatic carboxylic acids is 1. The zero-order chi connectivity index (χ0) is 10.6. The predicted octanol–water partition coefficient (Wildman–Crippen LogP) is 2.99. The van der Waals surface area contributed by atoms with Crippen molar-refractivity contribution >= 4 is 17.7 Å². The maximum Gasteiger partial charge on any atom is 0.328 e. The third-order valence-corrected chi connectivity index (χ3v) is 2.72. The Kier molecular flexibility index (Phi) is 3.77. The molecule has 0 saturated carbocycles. The standard InChI is InChI=1S/C11H12O2S/c1-8-3-4-10(9(2)7-8)14-6-5-11(12)13/h3-7H,1-2H3,(H,12,13). The van der Waals surface area contributed by atoms with Gasteiger partial charge in [-0.1, -0.05) is 29.5 Å². The summed E-state index contributed by atoms with van der Waals surface area (Å²) in [6.07, 6.45) is 1.14. The third-order valence-electron chi connectivity index (χ3n) is 1.74. The summed E-state index contributed by atoms with van der Waals surface area (Å²) in [6.45, 7) is 4.05. The molecule has 0 aliphatic carbocycles. The number of carboxylic acid groups (broad SMARTS) is 1. The summed E-state index contributed by atoms with van der Waals surface area (Å²) >= 11 is 1.42. The van der Waals surface area contributed by atoms with Gasteiger partial charge in [-0.05, 0) is 30.9 Å². The minimum atomic E-state index is -0.915. The van der Waals surface area contributed by atoms with E-state index in [0.29, 0.717) is 0 Å². The molecule has 0 spiro atoms. The largest absolute Gasteiger partial charge is 0.478 e. The average molecular weight is 208 g/mol. The van der Waals surface area contributed by atoms with Crippen LogP contribution in [0.15, 0.2) is 34.6 Å². The molecule has 0 aliphatic heterocycles. The molecule has 2 nitrogen and oxygen atoms in total. The molecule has 0 aromatic heterocycles. The Labute approximate surface area is 87.6 Å². The molecule has 0 radical (unpaired) electrons. The van der Waals surface area contributed by atoms with Gasteiger partial charge in [0.1, 0.15) is 0 Å². The molecule has 0 bridgehead atoms. The summed E-state index contributed by atoms with van der Waals surface area (Å²) in [6, 6.07) is 6.10. The lowest BCUT2D eigenvalue weighted by molar-refractivity contribution is -0.131. The lowest BCUT2D eigenvalue weighted by atomic mass is 10.2. The molecule has 1 aromatic carbocycles. The van der Waals surface area contributed by atoms with Crippen molar-refractivity contribution in [1.29, 1.82) is 0 Å². The molecule has 3 heteroatoms. The van der Waals surface area contributed by atoms with Crippen molar-refractivity contribution in [2.45, 2.75) is 18.7 Å². The van der Waals surface area contributed by atoms with Gasteiger partial charge in [-0.15, -0.1) is 0 Å². The Balaban J connectivity index is 2.73. The van der Waals surface area contributed by atoms with E-state index in [9.17, 15) is 4.79 Å². The highest BCUT2D eigenvalue weighted by Gasteiger charge is 1.96. The zero-order valence-corrected chi connectivity index (χ0v) is 8.97. The van der Waals surface area contributed by atoms with E-state index in [2.05, 4.69) is 6.07 Å². The Morgan fingerprint density at radius 3 is 2.71 bits per heavy atom. The minimum Gasteiger partial charge on any atom is -0.478 e. The van der Waals surface area contributed by atoms with Crippen LogP contribution in [-0.2, 0) is 4.79 Å². The lowest BCUT2D eigenvalue weighted by Gasteiger charge is -2.02.